The summed E-state index contributed by atoms with van der Waals surface area (Å²) in [6.07, 6.45) is 6.84. The lowest BCUT2D eigenvalue weighted by Crippen LogP contribution is -2.42. The van der Waals surface area contributed by atoms with Crippen LogP contribution in [0.25, 0.3) is 5.57 Å². The minimum absolute atomic E-state index is 0.0969. The van der Waals surface area contributed by atoms with Crippen LogP contribution < -0.4 is 26.6 Å². The molecule has 2 heterocycles. The van der Waals surface area contributed by atoms with Crippen molar-refractivity contribution < 1.29 is 8.78 Å². The highest BCUT2D eigenvalue weighted by Gasteiger charge is 2.28. The van der Waals surface area contributed by atoms with E-state index in [0.717, 1.165) is 62.0 Å². The number of halogens is 2. The number of rotatable bonds is 11. The number of hydrogen-bond acceptors (Lipinski definition) is 6. The monoisotopic (exact) mass is 513 g/mol. The third-order valence-electron chi connectivity index (χ3n) is 7.02. The lowest BCUT2D eigenvalue weighted by atomic mass is 9.91. The Morgan fingerprint density at radius 1 is 1.35 bits per heavy atom. The molecule has 0 bridgehead atoms. The van der Waals surface area contributed by atoms with Gasteiger partial charge in [-0.1, -0.05) is 13.5 Å². The zero-order valence-corrected chi connectivity index (χ0v) is 22.0. The number of anilines is 1. The molecule has 9 heteroatoms. The van der Waals surface area contributed by atoms with Crippen molar-refractivity contribution in [3.63, 3.8) is 0 Å². The van der Waals surface area contributed by atoms with Crippen LogP contribution in [0.15, 0.2) is 47.4 Å². The van der Waals surface area contributed by atoms with E-state index in [1.54, 1.807) is 25.4 Å². The summed E-state index contributed by atoms with van der Waals surface area (Å²) < 4.78 is 28.4. The Morgan fingerprint density at radius 3 is 2.73 bits per heavy atom. The molecular weight excluding hydrogens is 472 g/mol. The van der Waals surface area contributed by atoms with Gasteiger partial charge in [0.1, 0.15) is 5.84 Å². The largest absolute Gasteiger partial charge is 0.404 e. The summed E-state index contributed by atoms with van der Waals surface area (Å²) in [5.74, 6) is 0.371. The molecule has 0 aliphatic carbocycles. The van der Waals surface area contributed by atoms with Gasteiger partial charge >= 0.3 is 0 Å². The molecule has 0 saturated carbocycles. The first kappa shape index (κ1) is 28.4. The Labute approximate surface area is 219 Å². The fourth-order valence-corrected chi connectivity index (χ4v) is 5.16. The minimum atomic E-state index is -2.68. The summed E-state index contributed by atoms with van der Waals surface area (Å²) in [5, 5.41) is 19.5. The second-order valence-electron chi connectivity index (χ2n) is 9.37. The summed E-state index contributed by atoms with van der Waals surface area (Å²) in [6, 6.07) is 3.69. The van der Waals surface area contributed by atoms with Crippen LogP contribution in [0.2, 0.25) is 0 Å². The SMILES string of the molecule is C=CNCC/C(NC1CCNCC1)=C(\CC)C(=N)N1CCCc2cc(/C(C=NC)=C/N)c(C(F)F)cc21. The highest BCUT2D eigenvalue weighted by atomic mass is 19.3. The average Bonchev–Trinajstić information content (AvgIpc) is 2.91. The van der Waals surface area contributed by atoms with Gasteiger partial charge in [-0.25, -0.2) is 8.78 Å². The normalized spacial score (nSPS) is 17.5. The van der Waals surface area contributed by atoms with Crippen molar-refractivity contribution in [2.45, 2.75) is 57.9 Å². The van der Waals surface area contributed by atoms with Gasteiger partial charge in [-0.05, 0) is 74.7 Å². The second-order valence-corrected chi connectivity index (χ2v) is 9.37. The van der Waals surface area contributed by atoms with E-state index in [0.29, 0.717) is 48.2 Å². The molecule has 37 heavy (non-hydrogen) atoms. The third kappa shape index (κ3) is 6.97. The van der Waals surface area contributed by atoms with Gasteiger partial charge in [-0.3, -0.25) is 10.4 Å². The van der Waals surface area contributed by atoms with Crippen LogP contribution in [-0.4, -0.2) is 51.3 Å². The molecule has 1 fully saturated rings. The Hall–Kier alpha value is -3.20. The first-order valence-electron chi connectivity index (χ1n) is 13.1. The van der Waals surface area contributed by atoms with Gasteiger partial charge in [0.15, 0.2) is 0 Å². The van der Waals surface area contributed by atoms with Crippen LogP contribution in [0.5, 0.6) is 0 Å². The molecule has 7 nitrogen and oxygen atoms in total. The number of amidine groups is 1. The highest BCUT2D eigenvalue weighted by molar-refractivity contribution is 6.11. The van der Waals surface area contributed by atoms with Crippen LogP contribution in [0.1, 0.15) is 62.1 Å². The van der Waals surface area contributed by atoms with E-state index in [1.807, 2.05) is 4.90 Å². The lowest BCUT2D eigenvalue weighted by Gasteiger charge is -2.35. The number of aryl methyl sites for hydroxylation is 1. The maximum atomic E-state index is 14.2. The first-order chi connectivity index (χ1) is 17.9. The predicted molar refractivity (Wildman–Crippen MR) is 151 cm³/mol. The second kappa shape index (κ2) is 13.9. The van der Waals surface area contributed by atoms with Gasteiger partial charge in [0, 0.05) is 73.1 Å². The van der Waals surface area contributed by atoms with E-state index in [2.05, 4.69) is 34.4 Å². The summed E-state index contributed by atoms with van der Waals surface area (Å²) >= 11 is 0. The predicted octanol–water partition coefficient (Wildman–Crippen LogP) is 4.48. The standard InChI is InChI=1S/C28H41F2N7/c1-4-22(25(10-13-34-5-2)36-21-8-11-35-12-9-21)28(32)37-14-6-7-19-15-23(20(17-31)18-33-3)24(27(29)30)16-26(19)37/h5,15-18,21,27,32,34-36H,2,4,6-14,31H2,1,3H3/b20-17+,25-22-,32-28?,33-18?. The molecule has 6 N–H and O–H groups in total. The number of aliphatic imine (C=N–C) groups is 1. The molecule has 0 aromatic heterocycles. The number of piperidine rings is 1. The molecule has 2 aliphatic rings. The Bertz CT molecular complexity index is 1040. The van der Waals surface area contributed by atoms with Gasteiger partial charge in [-0.2, -0.15) is 0 Å². The number of nitrogens with two attached hydrogens (primary N) is 1. The molecule has 0 radical (unpaired) electrons. The number of alkyl halides is 2. The smallest absolute Gasteiger partial charge is 0.264 e. The van der Waals surface area contributed by atoms with Crippen molar-refractivity contribution in [1.29, 1.82) is 5.41 Å². The van der Waals surface area contributed by atoms with Crippen LogP contribution >= 0.6 is 0 Å². The van der Waals surface area contributed by atoms with Crippen LogP contribution in [-0.2, 0) is 6.42 Å². The van der Waals surface area contributed by atoms with Crippen molar-refractivity contribution in [3.8, 4) is 0 Å². The van der Waals surface area contributed by atoms with Crippen LogP contribution in [0.3, 0.4) is 0 Å². The molecule has 1 saturated heterocycles. The van der Waals surface area contributed by atoms with E-state index in [9.17, 15) is 14.2 Å². The van der Waals surface area contributed by atoms with Crippen molar-refractivity contribution in [2.75, 3.05) is 38.1 Å². The van der Waals surface area contributed by atoms with Crippen LogP contribution in [0.4, 0.5) is 14.5 Å². The van der Waals surface area contributed by atoms with Crippen molar-refractivity contribution >= 4 is 23.3 Å². The molecule has 0 atom stereocenters. The Morgan fingerprint density at radius 2 is 2.11 bits per heavy atom. The maximum Gasteiger partial charge on any atom is 0.264 e. The number of fused-ring (bicyclic) bond motifs is 1. The molecular formula is C28H41F2N7. The van der Waals surface area contributed by atoms with E-state index in [4.69, 9.17) is 5.73 Å². The first-order valence-corrected chi connectivity index (χ1v) is 13.1. The summed E-state index contributed by atoms with van der Waals surface area (Å²) in [4.78, 5) is 5.88. The zero-order chi connectivity index (χ0) is 26.8. The van der Waals surface area contributed by atoms with Gasteiger partial charge in [0.05, 0.1) is 0 Å². The van der Waals surface area contributed by atoms with E-state index in [-0.39, 0.29) is 5.56 Å². The Kier molecular flexibility index (Phi) is 10.7. The number of hydrogen-bond donors (Lipinski definition) is 5. The van der Waals surface area contributed by atoms with Crippen molar-refractivity contribution in [2.24, 2.45) is 10.7 Å². The zero-order valence-electron chi connectivity index (χ0n) is 22.0. The van der Waals surface area contributed by atoms with Crippen molar-refractivity contribution in [1.82, 2.24) is 16.0 Å². The molecule has 0 unspecified atom stereocenters. The van der Waals surface area contributed by atoms with Gasteiger partial charge in [0.2, 0.25) is 0 Å². The quantitative estimate of drug-likeness (QED) is 0.171. The number of benzene rings is 1. The molecule has 3 rings (SSSR count). The fraction of sp³-hybridized carbons (Fsp3) is 0.500. The third-order valence-corrected chi connectivity index (χ3v) is 7.02. The van der Waals surface area contributed by atoms with E-state index < -0.39 is 6.43 Å². The maximum absolute atomic E-state index is 14.2. The summed E-state index contributed by atoms with van der Waals surface area (Å²) in [6.45, 7) is 9.04. The van der Waals surface area contributed by atoms with Gasteiger partial charge in [0.25, 0.3) is 6.43 Å². The molecule has 202 valence electrons. The molecule has 0 amide bonds. The fourth-order valence-electron chi connectivity index (χ4n) is 5.16. The van der Waals surface area contributed by atoms with Gasteiger partial charge < -0.3 is 26.6 Å². The number of nitrogens with one attached hydrogen (secondary N) is 4. The molecule has 1 aromatic carbocycles. The highest BCUT2D eigenvalue weighted by Crippen LogP contribution is 2.37. The number of allylic oxidation sites excluding steroid dienone is 1. The number of nitrogens with zero attached hydrogens (tertiary/aromatic N) is 2. The lowest BCUT2D eigenvalue weighted by molar-refractivity contribution is 0.151. The van der Waals surface area contributed by atoms with E-state index in [1.165, 1.54) is 12.4 Å². The Balaban J connectivity index is 2.03. The minimum Gasteiger partial charge on any atom is -0.404 e. The van der Waals surface area contributed by atoms with Crippen molar-refractivity contribution in [3.05, 3.63) is 59.1 Å². The average molecular weight is 514 g/mol. The molecule has 0 spiro atoms. The topological polar surface area (TPSA) is 102 Å². The summed E-state index contributed by atoms with van der Waals surface area (Å²) in [5.41, 5.74) is 10.1. The van der Waals surface area contributed by atoms with Crippen LogP contribution in [0, 0.1) is 5.41 Å². The summed E-state index contributed by atoms with van der Waals surface area (Å²) in [7, 11) is 1.59. The molecule has 1 aromatic rings. The van der Waals surface area contributed by atoms with E-state index >= 15 is 0 Å². The van der Waals surface area contributed by atoms with Gasteiger partial charge in [-0.15, -0.1) is 0 Å². The molecule has 2 aliphatic heterocycles.